The lowest BCUT2D eigenvalue weighted by molar-refractivity contribution is 0.0899. The zero-order chi connectivity index (χ0) is 23.4. The molecule has 3 heterocycles. The fourth-order valence-electron chi connectivity index (χ4n) is 4.57. The van der Waals surface area contributed by atoms with Crippen molar-refractivity contribution >= 4 is 19.1 Å². The Kier molecular flexibility index (Phi) is 6.92. The Hall–Kier alpha value is -3.01. The molecule has 9 heteroatoms. The molecule has 0 aromatic carbocycles. The van der Waals surface area contributed by atoms with Crippen molar-refractivity contribution in [3.63, 3.8) is 0 Å². The number of hydrogen-bond donors (Lipinski definition) is 0. The summed E-state index contributed by atoms with van der Waals surface area (Å²) >= 11 is 0. The first-order chi connectivity index (χ1) is 15.9. The summed E-state index contributed by atoms with van der Waals surface area (Å²) in [5.41, 5.74) is 2.56. The Bertz CT molecular complexity index is 1180. The van der Waals surface area contributed by atoms with Crippen molar-refractivity contribution in [2.45, 2.75) is 64.1 Å². The Morgan fingerprint density at radius 3 is 2.82 bits per heavy atom. The van der Waals surface area contributed by atoms with E-state index in [9.17, 15) is 10.5 Å². The van der Waals surface area contributed by atoms with E-state index >= 15 is 0 Å². The highest BCUT2D eigenvalue weighted by Gasteiger charge is 2.32. The topological polar surface area (TPSA) is 105 Å². The molecule has 3 aromatic heterocycles. The lowest BCUT2D eigenvalue weighted by Gasteiger charge is -2.21. The maximum atomic E-state index is 9.39. The second-order valence-electron chi connectivity index (χ2n) is 10.1. The first-order valence-corrected chi connectivity index (χ1v) is 15.3. The fraction of sp³-hybridized carbons (Fsp3) is 0.542. The summed E-state index contributed by atoms with van der Waals surface area (Å²) in [6, 6.07) is 7.81. The lowest BCUT2D eigenvalue weighted by atomic mass is 9.95. The number of rotatable bonds is 9. The number of hydrogen-bond acceptors (Lipinski definition) is 6. The van der Waals surface area contributed by atoms with Gasteiger partial charge in [-0.3, -0.25) is 4.68 Å². The predicted octanol–water partition coefficient (Wildman–Crippen LogP) is 5.00. The number of nitriles is 2. The van der Waals surface area contributed by atoms with E-state index in [1.807, 2.05) is 33.9 Å². The summed E-state index contributed by atoms with van der Waals surface area (Å²) in [6.45, 7) is 8.26. The van der Waals surface area contributed by atoms with Crippen LogP contribution in [0.5, 0.6) is 0 Å². The third-order valence-electron chi connectivity index (χ3n) is 6.50. The molecule has 0 amide bonds. The number of aromatic nitrogens is 5. The van der Waals surface area contributed by atoms with Crippen molar-refractivity contribution < 1.29 is 4.74 Å². The monoisotopic (exact) mass is 461 g/mol. The highest BCUT2D eigenvalue weighted by atomic mass is 28.3. The predicted molar refractivity (Wildman–Crippen MR) is 129 cm³/mol. The van der Waals surface area contributed by atoms with Crippen molar-refractivity contribution in [3.05, 3.63) is 31.0 Å². The van der Waals surface area contributed by atoms with Gasteiger partial charge in [0.2, 0.25) is 0 Å². The molecule has 0 N–H and O–H groups in total. The van der Waals surface area contributed by atoms with Crippen LogP contribution in [0.15, 0.2) is 31.0 Å². The molecule has 8 nitrogen and oxygen atoms in total. The average Bonchev–Trinajstić information content (AvgIpc) is 3.54. The third-order valence-corrected chi connectivity index (χ3v) is 8.20. The van der Waals surface area contributed by atoms with Gasteiger partial charge in [0.05, 0.1) is 36.5 Å². The van der Waals surface area contributed by atoms with Crippen LogP contribution < -0.4 is 0 Å². The van der Waals surface area contributed by atoms with Gasteiger partial charge < -0.3 is 9.30 Å². The van der Waals surface area contributed by atoms with Gasteiger partial charge in [0.25, 0.3) is 0 Å². The van der Waals surface area contributed by atoms with Crippen molar-refractivity contribution in [1.29, 1.82) is 10.5 Å². The van der Waals surface area contributed by atoms with Crippen LogP contribution in [-0.4, -0.2) is 39.0 Å². The van der Waals surface area contributed by atoms with Crippen molar-refractivity contribution in [2.75, 3.05) is 6.61 Å². The maximum absolute atomic E-state index is 9.39. The molecule has 0 saturated heterocycles. The van der Waals surface area contributed by atoms with E-state index in [1.165, 1.54) is 0 Å². The number of ether oxygens (including phenoxy) is 1. The highest BCUT2D eigenvalue weighted by Crippen LogP contribution is 2.39. The second-order valence-corrected chi connectivity index (χ2v) is 15.8. The van der Waals surface area contributed by atoms with Gasteiger partial charge in [-0.2, -0.15) is 15.6 Å². The summed E-state index contributed by atoms with van der Waals surface area (Å²) in [6.07, 6.45) is 10.4. The molecule has 33 heavy (non-hydrogen) atoms. The minimum atomic E-state index is -1.12. The van der Waals surface area contributed by atoms with Crippen LogP contribution >= 0.6 is 0 Å². The molecular weight excluding hydrogens is 430 g/mol. The zero-order valence-corrected chi connectivity index (χ0v) is 20.6. The van der Waals surface area contributed by atoms with Crippen molar-refractivity contribution in [1.82, 2.24) is 24.3 Å². The van der Waals surface area contributed by atoms with Gasteiger partial charge in [-0.1, -0.05) is 19.6 Å². The SMILES string of the molecule is C[Si](C)(C)CCOCn1ccc2c(-c3cnn(C(CC#N)C4CCC(C#N)C4)c3)ncnc21. The summed E-state index contributed by atoms with van der Waals surface area (Å²) in [7, 11) is -1.12. The van der Waals surface area contributed by atoms with Crippen LogP contribution in [0.4, 0.5) is 0 Å². The molecule has 0 bridgehead atoms. The standard InChI is InChI=1S/C24H31N7OSi/c1-33(2,3)11-10-32-17-30-9-7-21-23(27-16-28-24(21)30)20-14-29-31(15-20)22(6-8-25)19-5-4-18(12-19)13-26/h7,9,14-16,18-19,22H,4-6,10-12,17H2,1-3H3. The van der Waals surface area contributed by atoms with Crippen molar-refractivity contribution in [2.24, 2.45) is 11.8 Å². The maximum Gasteiger partial charge on any atom is 0.145 e. The zero-order valence-electron chi connectivity index (χ0n) is 19.6. The Labute approximate surface area is 195 Å². The summed E-state index contributed by atoms with van der Waals surface area (Å²) < 4.78 is 9.82. The first-order valence-electron chi connectivity index (χ1n) is 11.6. The Morgan fingerprint density at radius 2 is 2.09 bits per heavy atom. The normalized spacial score (nSPS) is 19.4. The van der Waals surface area contributed by atoms with Gasteiger partial charge in [-0.15, -0.1) is 0 Å². The van der Waals surface area contributed by atoms with Crippen LogP contribution in [0.3, 0.4) is 0 Å². The molecule has 3 atom stereocenters. The largest absolute Gasteiger partial charge is 0.361 e. The number of nitrogens with zero attached hydrogens (tertiary/aromatic N) is 7. The van der Waals surface area contributed by atoms with E-state index in [0.29, 0.717) is 19.1 Å². The Balaban J connectivity index is 1.53. The smallest absolute Gasteiger partial charge is 0.145 e. The van der Waals surface area contributed by atoms with Crippen molar-refractivity contribution in [3.8, 4) is 23.4 Å². The van der Waals surface area contributed by atoms with E-state index in [-0.39, 0.29) is 12.0 Å². The summed E-state index contributed by atoms with van der Waals surface area (Å²) in [5.74, 6) is 0.377. The minimum Gasteiger partial charge on any atom is -0.361 e. The quantitative estimate of drug-likeness (QED) is 0.328. The fourth-order valence-corrected chi connectivity index (χ4v) is 5.33. The molecule has 1 fully saturated rings. The molecular formula is C24H31N7OSi. The second kappa shape index (κ2) is 9.86. The summed E-state index contributed by atoms with van der Waals surface area (Å²) in [4.78, 5) is 9.03. The first kappa shape index (κ1) is 23.2. The van der Waals surface area contributed by atoms with Crippen LogP contribution in [-0.2, 0) is 11.5 Å². The number of fused-ring (bicyclic) bond motifs is 1. The van der Waals surface area contributed by atoms with Gasteiger partial charge in [0.1, 0.15) is 18.7 Å². The molecule has 3 unspecified atom stereocenters. The van der Waals surface area contributed by atoms with E-state index in [2.05, 4.69) is 46.8 Å². The van der Waals surface area contributed by atoms with Gasteiger partial charge in [0.15, 0.2) is 0 Å². The third kappa shape index (κ3) is 5.32. The van der Waals surface area contributed by atoms with Crippen LogP contribution in [0.25, 0.3) is 22.3 Å². The van der Waals surface area contributed by atoms with Gasteiger partial charge in [-0.25, -0.2) is 9.97 Å². The van der Waals surface area contributed by atoms with Gasteiger partial charge >= 0.3 is 0 Å². The van der Waals surface area contributed by atoms with Crippen LogP contribution in [0.2, 0.25) is 25.7 Å². The van der Waals surface area contributed by atoms with E-state index < -0.39 is 8.07 Å². The average molecular weight is 462 g/mol. The van der Waals surface area contributed by atoms with E-state index in [0.717, 1.165) is 54.2 Å². The lowest BCUT2D eigenvalue weighted by Crippen LogP contribution is -2.22. The molecule has 1 saturated carbocycles. The van der Waals surface area contributed by atoms with Crippen LogP contribution in [0, 0.1) is 34.5 Å². The Morgan fingerprint density at radius 1 is 1.24 bits per heavy atom. The van der Waals surface area contributed by atoms with Crippen LogP contribution in [0.1, 0.15) is 31.7 Å². The molecule has 1 aliphatic rings. The summed E-state index contributed by atoms with van der Waals surface area (Å²) in [5, 5.41) is 24.2. The molecule has 0 aliphatic heterocycles. The molecule has 172 valence electrons. The van der Waals surface area contributed by atoms with E-state index in [1.54, 1.807) is 6.33 Å². The van der Waals surface area contributed by atoms with E-state index in [4.69, 9.17) is 4.74 Å². The van der Waals surface area contributed by atoms with Gasteiger partial charge in [0, 0.05) is 43.9 Å². The molecule has 1 aliphatic carbocycles. The molecule has 0 spiro atoms. The minimum absolute atomic E-state index is 0.0243. The van der Waals surface area contributed by atoms with Gasteiger partial charge in [-0.05, 0) is 37.3 Å². The molecule has 0 radical (unpaired) electrons. The highest BCUT2D eigenvalue weighted by molar-refractivity contribution is 6.76. The molecule has 4 rings (SSSR count). The molecule has 3 aromatic rings.